The Morgan fingerprint density at radius 3 is 2.38 bits per heavy atom. The van der Waals surface area contributed by atoms with Crippen LogP contribution in [0.3, 0.4) is 0 Å². The maximum absolute atomic E-state index is 12.7. The average molecular weight is 825 g/mol. The maximum atomic E-state index is 12.7. The van der Waals surface area contributed by atoms with Gasteiger partial charge in [-0.3, -0.25) is 0 Å². The molecule has 0 bridgehead atoms. The van der Waals surface area contributed by atoms with E-state index in [1.54, 1.807) is 7.11 Å². The smallest absolute Gasteiger partial charge is 0.231 e. The summed E-state index contributed by atoms with van der Waals surface area (Å²) in [6.45, 7) is 16.0. The minimum Gasteiger partial charge on any atom is -0.497 e. The molecule has 3 heterocycles. The first kappa shape index (κ1) is 38.8. The molecule has 0 radical (unpaired) electrons. The van der Waals surface area contributed by atoms with Gasteiger partial charge in [-0.1, -0.05) is 58.0 Å². The van der Waals surface area contributed by atoms with E-state index in [9.17, 15) is 5.11 Å². The molecule has 0 saturated heterocycles. The topological polar surface area (TPSA) is 113 Å². The van der Waals surface area contributed by atoms with Gasteiger partial charge < -0.3 is 33.6 Å². The Balaban J connectivity index is 1.16. The van der Waals surface area contributed by atoms with Crippen LogP contribution >= 0.6 is 15.9 Å². The van der Waals surface area contributed by atoms with Gasteiger partial charge in [-0.05, 0) is 102 Å². The Hall–Kier alpha value is -4.49. The molecule has 12 heteroatoms. The van der Waals surface area contributed by atoms with E-state index in [1.165, 1.54) is 6.33 Å². The second kappa shape index (κ2) is 14.9. The predicted octanol–water partition coefficient (Wildman–Crippen LogP) is 10.3. The van der Waals surface area contributed by atoms with Crippen LogP contribution in [0, 0.1) is 5.41 Å². The number of aliphatic hydroxyl groups is 1. The molecule has 4 atom stereocenters. The van der Waals surface area contributed by atoms with Gasteiger partial charge in [0, 0.05) is 29.6 Å². The van der Waals surface area contributed by atoms with E-state index >= 15 is 0 Å². The number of fused-ring (bicyclic) bond motifs is 2. The van der Waals surface area contributed by atoms with E-state index in [-0.39, 0.29) is 17.7 Å². The molecular weight excluding hydrogens is 774 g/mol. The fraction of sp³-hybridized carbons (Fsp3) is 0.372. The van der Waals surface area contributed by atoms with Crippen molar-refractivity contribution in [3.05, 3.63) is 107 Å². The SMILES string of the molecule is COc1ccc(CNc2nc3cc(OC[C@@]4(C)C[C@@H](n5ccc6c(Oc7ccccc7)ncnc65)[C@H](O[Si](C)(C)C(C)(C)C)[C@]4(C)O)ccc3cc2Br)cc1. The van der Waals surface area contributed by atoms with Gasteiger partial charge in [0.1, 0.15) is 35.0 Å². The van der Waals surface area contributed by atoms with Crippen molar-refractivity contribution < 1.29 is 23.7 Å². The summed E-state index contributed by atoms with van der Waals surface area (Å²) >= 11 is 3.69. The lowest BCUT2D eigenvalue weighted by atomic mass is 9.77. The van der Waals surface area contributed by atoms with E-state index in [1.807, 2.05) is 92.0 Å². The van der Waals surface area contributed by atoms with Gasteiger partial charge in [-0.25, -0.2) is 15.0 Å². The third-order valence-corrected chi connectivity index (χ3v) is 16.8. The van der Waals surface area contributed by atoms with Gasteiger partial charge in [0.15, 0.2) is 8.32 Å². The molecule has 1 saturated carbocycles. The second-order valence-electron chi connectivity index (χ2n) is 16.5. The minimum atomic E-state index is -2.36. The van der Waals surface area contributed by atoms with Crippen molar-refractivity contribution >= 4 is 52.0 Å². The molecule has 7 rings (SSSR count). The number of para-hydroxylation sites is 1. The summed E-state index contributed by atoms with van der Waals surface area (Å²) in [5.74, 6) is 3.40. The lowest BCUT2D eigenvalue weighted by Crippen LogP contribution is -2.56. The zero-order valence-corrected chi connectivity index (χ0v) is 35.3. The summed E-state index contributed by atoms with van der Waals surface area (Å²) in [6, 6.07) is 27.3. The van der Waals surface area contributed by atoms with Gasteiger partial charge >= 0.3 is 0 Å². The van der Waals surface area contributed by atoms with Gasteiger partial charge in [0.05, 0.1) is 46.8 Å². The van der Waals surface area contributed by atoms with Gasteiger partial charge in [-0.2, -0.15) is 0 Å². The van der Waals surface area contributed by atoms with E-state index < -0.39 is 25.4 Å². The van der Waals surface area contributed by atoms with Crippen molar-refractivity contribution in [3.63, 3.8) is 0 Å². The van der Waals surface area contributed by atoms with Crippen LogP contribution in [0.15, 0.2) is 102 Å². The van der Waals surface area contributed by atoms with Crippen molar-refractivity contribution in [3.8, 4) is 23.1 Å². The number of nitrogens with zero attached hydrogens (tertiary/aromatic N) is 4. The summed E-state index contributed by atoms with van der Waals surface area (Å²) in [7, 11) is -0.699. The molecule has 0 unspecified atom stereocenters. The van der Waals surface area contributed by atoms with Gasteiger partial charge in [0.25, 0.3) is 0 Å². The van der Waals surface area contributed by atoms with Crippen molar-refractivity contribution in [1.29, 1.82) is 0 Å². The first-order valence-corrected chi connectivity index (χ1v) is 22.3. The Kier molecular flexibility index (Phi) is 10.5. The number of ether oxygens (including phenoxy) is 3. The molecule has 0 aliphatic heterocycles. The molecule has 288 valence electrons. The highest BCUT2D eigenvalue weighted by molar-refractivity contribution is 9.10. The van der Waals surface area contributed by atoms with Crippen LogP contribution < -0.4 is 19.5 Å². The van der Waals surface area contributed by atoms with Crippen molar-refractivity contribution in [1.82, 2.24) is 19.5 Å². The molecular formula is C43H50BrN5O5Si. The molecule has 6 aromatic rings. The lowest BCUT2D eigenvalue weighted by Gasteiger charge is -2.45. The van der Waals surface area contributed by atoms with Crippen LogP contribution in [0.25, 0.3) is 21.9 Å². The number of benzene rings is 3. The van der Waals surface area contributed by atoms with Gasteiger partial charge in [-0.15, -0.1) is 0 Å². The van der Waals surface area contributed by atoms with E-state index in [0.717, 1.165) is 43.5 Å². The number of rotatable bonds is 12. The van der Waals surface area contributed by atoms with Crippen LogP contribution in [-0.2, 0) is 11.0 Å². The Morgan fingerprint density at radius 1 is 0.945 bits per heavy atom. The number of anilines is 1. The lowest BCUT2D eigenvalue weighted by molar-refractivity contribution is -0.114. The number of aromatic nitrogens is 4. The molecule has 2 N–H and O–H groups in total. The average Bonchev–Trinajstić information content (AvgIpc) is 3.67. The van der Waals surface area contributed by atoms with Crippen LogP contribution in [0.2, 0.25) is 18.1 Å². The summed E-state index contributed by atoms with van der Waals surface area (Å²) in [5, 5.41) is 17.8. The normalized spacial score (nSPS) is 21.6. The number of pyridine rings is 1. The highest BCUT2D eigenvalue weighted by atomic mass is 79.9. The Morgan fingerprint density at radius 2 is 1.67 bits per heavy atom. The molecule has 3 aromatic heterocycles. The monoisotopic (exact) mass is 823 g/mol. The maximum Gasteiger partial charge on any atom is 0.231 e. The molecule has 3 aromatic carbocycles. The first-order chi connectivity index (χ1) is 26.1. The molecule has 0 spiro atoms. The van der Waals surface area contributed by atoms with E-state index in [2.05, 4.69) is 77.7 Å². The number of halogens is 1. The zero-order chi connectivity index (χ0) is 39.2. The fourth-order valence-corrected chi connectivity index (χ4v) is 8.88. The Bertz CT molecular complexity index is 2290. The molecule has 1 aliphatic carbocycles. The van der Waals surface area contributed by atoms with Crippen molar-refractivity contribution in [2.75, 3.05) is 19.0 Å². The van der Waals surface area contributed by atoms with Crippen LogP contribution in [0.1, 0.15) is 52.6 Å². The summed E-state index contributed by atoms with van der Waals surface area (Å²) in [4.78, 5) is 14.1. The van der Waals surface area contributed by atoms with Crippen LogP contribution in [0.4, 0.5) is 5.82 Å². The fourth-order valence-electron chi connectivity index (χ4n) is 7.03. The second-order valence-corrected chi connectivity index (χ2v) is 22.1. The predicted molar refractivity (Wildman–Crippen MR) is 224 cm³/mol. The quantitative estimate of drug-likeness (QED) is 0.117. The minimum absolute atomic E-state index is 0.0732. The molecule has 10 nitrogen and oxygen atoms in total. The largest absolute Gasteiger partial charge is 0.497 e. The number of hydrogen-bond donors (Lipinski definition) is 2. The molecule has 1 fully saturated rings. The van der Waals surface area contributed by atoms with Crippen LogP contribution in [-0.4, -0.2) is 58.4 Å². The summed E-state index contributed by atoms with van der Waals surface area (Å²) in [6.07, 6.45) is 3.59. The number of hydrogen-bond acceptors (Lipinski definition) is 9. The van der Waals surface area contributed by atoms with Crippen molar-refractivity contribution in [2.45, 2.75) is 83.5 Å². The van der Waals surface area contributed by atoms with Crippen molar-refractivity contribution in [2.24, 2.45) is 5.41 Å². The van der Waals surface area contributed by atoms with Crippen LogP contribution in [0.5, 0.6) is 23.1 Å². The van der Waals surface area contributed by atoms with E-state index in [4.69, 9.17) is 28.6 Å². The highest BCUT2D eigenvalue weighted by Crippen LogP contribution is 2.55. The summed E-state index contributed by atoms with van der Waals surface area (Å²) in [5.41, 5.74) is 0.659. The number of methoxy groups -OCH3 is 1. The summed E-state index contributed by atoms with van der Waals surface area (Å²) < 4.78 is 28.3. The first-order valence-electron chi connectivity index (χ1n) is 18.6. The standard InChI is InChI=1S/C43H50BrN5O5Si/c1-41(2,3)55(7,8)54-37-36(49-21-20-33-39(49)46-27-47-40(33)53-31-12-10-9-11-13-31)24-42(4,43(37,5)50)26-52-32-19-16-29-22-34(44)38(48-35(29)23-32)45-25-28-14-17-30(51-6)18-15-28/h9-23,27,36-37,50H,24-26H2,1-8H3,(H,45,48)/t36-,37+,42-,43+/m1/s1. The van der Waals surface area contributed by atoms with E-state index in [0.29, 0.717) is 30.3 Å². The third kappa shape index (κ3) is 7.69. The number of nitrogens with one attached hydrogen (secondary N) is 1. The Labute approximate surface area is 332 Å². The van der Waals surface area contributed by atoms with Gasteiger partial charge in [0.2, 0.25) is 5.88 Å². The third-order valence-electron chi connectivity index (χ3n) is 11.7. The molecule has 0 amide bonds. The molecule has 55 heavy (non-hydrogen) atoms. The zero-order valence-electron chi connectivity index (χ0n) is 32.8. The molecule has 1 aliphatic rings. The highest BCUT2D eigenvalue weighted by Gasteiger charge is 2.62.